The lowest BCUT2D eigenvalue weighted by Crippen LogP contribution is -1.81. The molecule has 2 aromatic carbocycles. The fraction of sp³-hybridized carbons (Fsp3) is 0.0909. The summed E-state index contributed by atoms with van der Waals surface area (Å²) in [5, 5.41) is 12.5. The predicted molar refractivity (Wildman–Crippen MR) is 58.2 cm³/mol. The Bertz CT molecular complexity index is 432. The number of alkyl halides is 1. The molecule has 0 fully saturated rings. The Balaban J connectivity index is 2.87. The van der Waals surface area contributed by atoms with Crippen LogP contribution in [0.3, 0.4) is 0 Å². The molecule has 0 atom stereocenters. The van der Waals surface area contributed by atoms with Crippen molar-refractivity contribution in [3.05, 3.63) is 42.0 Å². The predicted octanol–water partition coefficient (Wildman–Crippen LogP) is 3.44. The minimum atomic E-state index is 0.354. The van der Waals surface area contributed by atoms with Crippen molar-refractivity contribution in [1.29, 1.82) is 0 Å². The molecule has 0 aromatic heterocycles. The van der Waals surface area contributed by atoms with Crippen LogP contribution in [0.1, 0.15) is 5.56 Å². The Morgan fingerprint density at radius 2 is 1.77 bits per heavy atom. The van der Waals surface area contributed by atoms with Gasteiger partial charge in [-0.15, -0.1) is 0 Å². The lowest BCUT2D eigenvalue weighted by Gasteiger charge is -2.04. The highest BCUT2D eigenvalue weighted by atomic mass is 79.9. The second kappa shape index (κ2) is 3.38. The van der Waals surface area contributed by atoms with Crippen molar-refractivity contribution in [1.82, 2.24) is 0 Å². The second-order valence-corrected chi connectivity index (χ2v) is 3.49. The topological polar surface area (TPSA) is 20.2 Å². The van der Waals surface area contributed by atoms with Crippen molar-refractivity contribution in [3.8, 4) is 5.75 Å². The van der Waals surface area contributed by atoms with Crippen LogP contribution >= 0.6 is 15.9 Å². The zero-order chi connectivity index (χ0) is 9.26. The van der Waals surface area contributed by atoms with Crippen molar-refractivity contribution in [2.75, 3.05) is 0 Å². The van der Waals surface area contributed by atoms with Crippen molar-refractivity contribution in [2.24, 2.45) is 0 Å². The van der Waals surface area contributed by atoms with Gasteiger partial charge >= 0.3 is 0 Å². The molecule has 0 unspecified atom stereocenters. The summed E-state index contributed by atoms with van der Waals surface area (Å²) in [6, 6.07) is 11.6. The number of rotatable bonds is 1. The Morgan fingerprint density at radius 3 is 2.46 bits per heavy atom. The highest BCUT2D eigenvalue weighted by Crippen LogP contribution is 2.28. The van der Waals surface area contributed by atoms with E-state index in [9.17, 15) is 5.11 Å². The van der Waals surface area contributed by atoms with Gasteiger partial charge < -0.3 is 5.11 Å². The molecule has 0 aliphatic carbocycles. The van der Waals surface area contributed by atoms with Gasteiger partial charge in [0.25, 0.3) is 0 Å². The summed E-state index contributed by atoms with van der Waals surface area (Å²) in [4.78, 5) is 0. The lowest BCUT2D eigenvalue weighted by molar-refractivity contribution is 0.481. The molecular weight excluding hydrogens is 228 g/mol. The molecule has 0 aliphatic heterocycles. The molecule has 0 amide bonds. The third kappa shape index (κ3) is 1.42. The Hall–Kier alpha value is -1.02. The van der Waals surface area contributed by atoms with Crippen LogP contribution in [0.15, 0.2) is 36.4 Å². The largest absolute Gasteiger partial charge is 0.507 e. The van der Waals surface area contributed by atoms with Gasteiger partial charge in [-0.3, -0.25) is 0 Å². The summed E-state index contributed by atoms with van der Waals surface area (Å²) < 4.78 is 0. The van der Waals surface area contributed by atoms with Crippen LogP contribution in [0.4, 0.5) is 0 Å². The maximum atomic E-state index is 9.66. The summed E-state index contributed by atoms with van der Waals surface area (Å²) in [5.74, 6) is 0.354. The quantitative estimate of drug-likeness (QED) is 0.753. The number of phenols is 1. The lowest BCUT2D eigenvalue weighted by atomic mass is 10.1. The maximum Gasteiger partial charge on any atom is 0.123 e. The van der Waals surface area contributed by atoms with Crippen molar-refractivity contribution in [3.63, 3.8) is 0 Å². The highest BCUT2D eigenvalue weighted by molar-refractivity contribution is 9.08. The van der Waals surface area contributed by atoms with E-state index in [2.05, 4.69) is 15.9 Å². The fourth-order valence-corrected chi connectivity index (χ4v) is 1.98. The molecule has 66 valence electrons. The number of phenolic OH excluding ortho intramolecular Hbond substituents is 1. The van der Waals surface area contributed by atoms with Crippen LogP contribution in [0, 0.1) is 0 Å². The number of hydrogen-bond donors (Lipinski definition) is 1. The van der Waals surface area contributed by atoms with Gasteiger partial charge in [0.2, 0.25) is 0 Å². The van der Waals surface area contributed by atoms with Crippen LogP contribution in [-0.2, 0) is 5.33 Å². The van der Waals surface area contributed by atoms with Crippen LogP contribution in [0.25, 0.3) is 10.8 Å². The van der Waals surface area contributed by atoms with Gasteiger partial charge in [-0.2, -0.15) is 0 Å². The molecule has 0 saturated heterocycles. The summed E-state index contributed by atoms with van der Waals surface area (Å²) in [6.45, 7) is 0. The van der Waals surface area contributed by atoms with Crippen LogP contribution in [0.5, 0.6) is 5.75 Å². The highest BCUT2D eigenvalue weighted by Gasteiger charge is 2.02. The molecule has 0 heterocycles. The number of hydrogen-bond acceptors (Lipinski definition) is 1. The minimum absolute atomic E-state index is 0.354. The minimum Gasteiger partial charge on any atom is -0.507 e. The van der Waals surface area contributed by atoms with E-state index in [1.54, 1.807) is 6.07 Å². The number of aromatic hydroxyl groups is 1. The molecule has 1 N–H and O–H groups in total. The van der Waals surface area contributed by atoms with Gasteiger partial charge in [-0.05, 0) is 17.0 Å². The van der Waals surface area contributed by atoms with E-state index >= 15 is 0 Å². The maximum absolute atomic E-state index is 9.66. The van der Waals surface area contributed by atoms with Gasteiger partial charge in [0.05, 0.1) is 0 Å². The Kier molecular flexibility index (Phi) is 2.23. The van der Waals surface area contributed by atoms with Crippen molar-refractivity contribution >= 4 is 26.7 Å². The SMILES string of the molecule is Oc1cccc2cccc(CBr)c12. The van der Waals surface area contributed by atoms with Gasteiger partial charge in [-0.1, -0.05) is 46.3 Å². The second-order valence-electron chi connectivity index (χ2n) is 2.93. The van der Waals surface area contributed by atoms with E-state index in [0.29, 0.717) is 5.75 Å². The Labute approximate surface area is 85.1 Å². The summed E-state index contributed by atoms with van der Waals surface area (Å²) in [7, 11) is 0. The number of fused-ring (bicyclic) bond motifs is 1. The van der Waals surface area contributed by atoms with Crippen molar-refractivity contribution < 1.29 is 5.11 Å². The van der Waals surface area contributed by atoms with Gasteiger partial charge in [0.1, 0.15) is 5.75 Å². The zero-order valence-corrected chi connectivity index (χ0v) is 8.58. The molecule has 2 heteroatoms. The third-order valence-corrected chi connectivity index (χ3v) is 2.72. The molecule has 0 aliphatic rings. The Morgan fingerprint density at radius 1 is 1.08 bits per heavy atom. The van der Waals surface area contributed by atoms with E-state index in [-0.39, 0.29) is 0 Å². The van der Waals surface area contributed by atoms with Gasteiger partial charge in [0.15, 0.2) is 0 Å². The zero-order valence-electron chi connectivity index (χ0n) is 7.00. The average Bonchev–Trinajstić information content (AvgIpc) is 2.17. The molecule has 2 rings (SSSR count). The van der Waals surface area contributed by atoms with Crippen LogP contribution in [0.2, 0.25) is 0 Å². The first-order valence-electron chi connectivity index (χ1n) is 4.08. The molecule has 1 nitrogen and oxygen atoms in total. The standard InChI is InChI=1S/C11H9BrO/c12-7-9-5-1-3-8-4-2-6-10(13)11(8)9/h1-6,13H,7H2. The smallest absolute Gasteiger partial charge is 0.123 e. The third-order valence-electron chi connectivity index (χ3n) is 2.11. The summed E-state index contributed by atoms with van der Waals surface area (Å²) in [5.41, 5.74) is 1.12. The molecule has 0 radical (unpaired) electrons. The van der Waals surface area contributed by atoms with E-state index in [1.165, 1.54) is 0 Å². The number of benzene rings is 2. The van der Waals surface area contributed by atoms with Gasteiger partial charge in [-0.25, -0.2) is 0 Å². The van der Waals surface area contributed by atoms with E-state index in [1.807, 2.05) is 30.3 Å². The fourth-order valence-electron chi connectivity index (χ4n) is 1.51. The molecule has 2 aromatic rings. The first-order valence-corrected chi connectivity index (χ1v) is 5.20. The first kappa shape index (κ1) is 8.57. The normalized spacial score (nSPS) is 10.5. The summed E-state index contributed by atoms with van der Waals surface area (Å²) in [6.07, 6.45) is 0. The van der Waals surface area contributed by atoms with E-state index in [0.717, 1.165) is 21.7 Å². The van der Waals surface area contributed by atoms with E-state index < -0.39 is 0 Å². The van der Waals surface area contributed by atoms with Crippen LogP contribution in [-0.4, -0.2) is 5.11 Å². The van der Waals surface area contributed by atoms with Gasteiger partial charge in [0, 0.05) is 10.7 Å². The summed E-state index contributed by atoms with van der Waals surface area (Å²) >= 11 is 3.40. The average molecular weight is 237 g/mol. The number of halogens is 1. The molecule has 0 spiro atoms. The monoisotopic (exact) mass is 236 g/mol. The van der Waals surface area contributed by atoms with Crippen molar-refractivity contribution in [2.45, 2.75) is 5.33 Å². The molecule has 13 heavy (non-hydrogen) atoms. The molecule has 0 bridgehead atoms. The van der Waals surface area contributed by atoms with E-state index in [4.69, 9.17) is 0 Å². The first-order chi connectivity index (χ1) is 6.33. The molecule has 0 saturated carbocycles. The molecular formula is C11H9BrO. The van der Waals surface area contributed by atoms with Crippen LogP contribution < -0.4 is 0 Å².